The molecule has 0 fully saturated rings. The SMILES string of the molecule is CCCc1cc(C(=O)NC(Cc2ccc(-c3cccc(Cl)c3)cc2)CC(O)C(=O)O)on1. The number of aliphatic hydroxyl groups excluding tert-OH is 1. The van der Waals surface area contributed by atoms with Crippen molar-refractivity contribution in [1.82, 2.24) is 10.5 Å². The quantitative estimate of drug-likeness (QED) is 0.423. The van der Waals surface area contributed by atoms with E-state index in [2.05, 4.69) is 10.5 Å². The van der Waals surface area contributed by atoms with Gasteiger partial charge in [-0.2, -0.15) is 0 Å². The van der Waals surface area contributed by atoms with Crippen LogP contribution in [0.25, 0.3) is 11.1 Å². The molecule has 1 aromatic heterocycles. The Morgan fingerprint density at radius 1 is 1.12 bits per heavy atom. The van der Waals surface area contributed by atoms with E-state index in [4.69, 9.17) is 21.2 Å². The number of benzene rings is 2. The molecule has 2 atom stereocenters. The number of aromatic nitrogens is 1. The minimum absolute atomic E-state index is 0.0552. The van der Waals surface area contributed by atoms with Crippen LogP contribution in [0.2, 0.25) is 5.02 Å². The maximum absolute atomic E-state index is 12.6. The Morgan fingerprint density at radius 2 is 1.88 bits per heavy atom. The number of carboxylic acid groups (broad SMARTS) is 1. The summed E-state index contributed by atoms with van der Waals surface area (Å²) in [6, 6.07) is 16.1. The number of aliphatic hydroxyl groups is 1. The molecule has 2 unspecified atom stereocenters. The highest BCUT2D eigenvalue weighted by Gasteiger charge is 2.24. The summed E-state index contributed by atoms with van der Waals surface area (Å²) in [5, 5.41) is 26.2. The number of nitrogens with zero attached hydrogens (tertiary/aromatic N) is 1. The fourth-order valence-electron chi connectivity index (χ4n) is 3.40. The number of halogens is 1. The van der Waals surface area contributed by atoms with Crippen LogP contribution in [0.3, 0.4) is 0 Å². The van der Waals surface area contributed by atoms with Crippen molar-refractivity contribution in [2.24, 2.45) is 0 Å². The van der Waals surface area contributed by atoms with Gasteiger partial charge in [0.15, 0.2) is 6.10 Å². The second kappa shape index (κ2) is 10.9. The van der Waals surface area contributed by atoms with E-state index in [0.29, 0.717) is 23.6 Å². The molecule has 0 aliphatic carbocycles. The summed E-state index contributed by atoms with van der Waals surface area (Å²) in [4.78, 5) is 23.7. The fraction of sp³-hybridized carbons (Fsp3) is 0.292. The van der Waals surface area contributed by atoms with Gasteiger partial charge in [-0.1, -0.05) is 66.5 Å². The number of carbonyl (C=O) groups is 2. The summed E-state index contributed by atoms with van der Waals surface area (Å²) in [7, 11) is 0. The predicted molar refractivity (Wildman–Crippen MR) is 121 cm³/mol. The van der Waals surface area contributed by atoms with E-state index in [9.17, 15) is 14.7 Å². The summed E-state index contributed by atoms with van der Waals surface area (Å²) < 4.78 is 5.11. The number of amides is 1. The lowest BCUT2D eigenvalue weighted by molar-refractivity contribution is -0.147. The summed E-state index contributed by atoms with van der Waals surface area (Å²) in [6.45, 7) is 2.00. The molecule has 168 valence electrons. The fourth-order valence-corrected chi connectivity index (χ4v) is 3.59. The molecule has 3 rings (SSSR count). The van der Waals surface area contributed by atoms with Gasteiger partial charge in [0.05, 0.1) is 5.69 Å². The van der Waals surface area contributed by atoms with Crippen LogP contribution < -0.4 is 5.32 Å². The number of rotatable bonds is 10. The number of aliphatic carboxylic acids is 1. The molecule has 3 aromatic rings. The highest BCUT2D eigenvalue weighted by atomic mass is 35.5. The minimum Gasteiger partial charge on any atom is -0.479 e. The number of carbonyl (C=O) groups excluding carboxylic acids is 1. The molecule has 3 N–H and O–H groups in total. The Morgan fingerprint density at radius 3 is 2.53 bits per heavy atom. The van der Waals surface area contributed by atoms with Crippen LogP contribution in [0.5, 0.6) is 0 Å². The van der Waals surface area contributed by atoms with Gasteiger partial charge >= 0.3 is 5.97 Å². The molecule has 2 aromatic carbocycles. The topological polar surface area (TPSA) is 113 Å². The Balaban J connectivity index is 1.73. The van der Waals surface area contributed by atoms with Gasteiger partial charge in [0.2, 0.25) is 5.76 Å². The standard InChI is InChI=1S/C24H25ClN2O5/c1-2-4-19-14-22(32-27-19)23(29)26-20(13-21(28)24(30)31)11-15-7-9-16(10-8-15)17-5-3-6-18(25)12-17/h3,5-10,12,14,20-21,28H,2,4,11,13H2,1H3,(H,26,29)(H,30,31). The summed E-state index contributed by atoms with van der Waals surface area (Å²) in [6.07, 6.45) is 0.148. The molecule has 0 aliphatic heterocycles. The molecule has 0 saturated carbocycles. The number of hydrogen-bond donors (Lipinski definition) is 3. The van der Waals surface area contributed by atoms with Crippen LogP contribution in [0.15, 0.2) is 59.1 Å². The highest BCUT2D eigenvalue weighted by molar-refractivity contribution is 6.30. The first-order valence-electron chi connectivity index (χ1n) is 10.4. The molecule has 0 saturated heterocycles. The third-order valence-electron chi connectivity index (χ3n) is 5.01. The van der Waals surface area contributed by atoms with E-state index < -0.39 is 24.0 Å². The molecule has 1 heterocycles. The van der Waals surface area contributed by atoms with Crippen LogP contribution in [0, 0.1) is 0 Å². The first-order chi connectivity index (χ1) is 15.4. The van der Waals surface area contributed by atoms with Crippen LogP contribution in [0.1, 0.15) is 41.6 Å². The third kappa shape index (κ3) is 6.42. The summed E-state index contributed by atoms with van der Waals surface area (Å²) in [5.41, 5.74) is 3.51. The first kappa shape index (κ1) is 23.5. The second-order valence-electron chi connectivity index (χ2n) is 7.60. The van der Waals surface area contributed by atoms with Gasteiger partial charge in [-0.05, 0) is 41.7 Å². The van der Waals surface area contributed by atoms with E-state index in [1.165, 1.54) is 0 Å². The Bertz CT molecular complexity index is 1060. The number of aryl methyl sites for hydroxylation is 1. The maximum Gasteiger partial charge on any atom is 0.332 e. The van der Waals surface area contributed by atoms with Gasteiger partial charge < -0.3 is 20.1 Å². The molecule has 32 heavy (non-hydrogen) atoms. The lowest BCUT2D eigenvalue weighted by Gasteiger charge is -2.20. The van der Waals surface area contributed by atoms with Crippen molar-refractivity contribution in [3.63, 3.8) is 0 Å². The van der Waals surface area contributed by atoms with Crippen LogP contribution in [0.4, 0.5) is 0 Å². The molecule has 0 aliphatic rings. The van der Waals surface area contributed by atoms with Crippen molar-refractivity contribution < 1.29 is 24.3 Å². The first-order valence-corrected chi connectivity index (χ1v) is 10.8. The predicted octanol–water partition coefficient (Wildman–Crippen LogP) is 4.12. The second-order valence-corrected chi connectivity index (χ2v) is 8.04. The summed E-state index contributed by atoms with van der Waals surface area (Å²) >= 11 is 6.06. The molecule has 1 amide bonds. The zero-order chi connectivity index (χ0) is 23.1. The smallest absolute Gasteiger partial charge is 0.332 e. The van der Waals surface area contributed by atoms with Crippen molar-refractivity contribution in [1.29, 1.82) is 0 Å². The zero-order valence-electron chi connectivity index (χ0n) is 17.6. The third-order valence-corrected chi connectivity index (χ3v) is 5.25. The van der Waals surface area contributed by atoms with Crippen molar-refractivity contribution in [2.75, 3.05) is 0 Å². The molecular weight excluding hydrogens is 432 g/mol. The van der Waals surface area contributed by atoms with Gasteiger partial charge in [-0.25, -0.2) is 4.79 Å². The Hall–Kier alpha value is -3.16. The van der Waals surface area contributed by atoms with Crippen LogP contribution in [-0.4, -0.2) is 39.4 Å². The maximum atomic E-state index is 12.6. The van der Waals surface area contributed by atoms with Crippen molar-refractivity contribution in [3.8, 4) is 11.1 Å². The number of hydrogen-bond acceptors (Lipinski definition) is 5. The Labute approximate surface area is 191 Å². The minimum atomic E-state index is -1.60. The summed E-state index contributed by atoms with van der Waals surface area (Å²) in [5.74, 6) is -1.79. The average Bonchev–Trinajstić information content (AvgIpc) is 3.23. The number of nitrogens with one attached hydrogen (secondary N) is 1. The van der Waals surface area contributed by atoms with E-state index in [1.54, 1.807) is 12.1 Å². The monoisotopic (exact) mass is 456 g/mol. The zero-order valence-corrected chi connectivity index (χ0v) is 18.4. The molecule has 7 nitrogen and oxygen atoms in total. The van der Waals surface area contributed by atoms with Gasteiger partial charge in [0.25, 0.3) is 5.91 Å². The van der Waals surface area contributed by atoms with Crippen molar-refractivity contribution in [2.45, 2.75) is 44.8 Å². The van der Waals surface area contributed by atoms with E-state index >= 15 is 0 Å². The van der Waals surface area contributed by atoms with Crippen molar-refractivity contribution in [3.05, 3.63) is 76.6 Å². The van der Waals surface area contributed by atoms with Gasteiger partial charge in [-0.15, -0.1) is 0 Å². The molecule has 0 radical (unpaired) electrons. The molecule has 8 heteroatoms. The van der Waals surface area contributed by atoms with Gasteiger partial charge in [0.1, 0.15) is 0 Å². The van der Waals surface area contributed by atoms with Crippen LogP contribution >= 0.6 is 11.6 Å². The molecule has 0 spiro atoms. The van der Waals surface area contributed by atoms with E-state index in [1.807, 2.05) is 49.4 Å². The highest BCUT2D eigenvalue weighted by Crippen LogP contribution is 2.23. The van der Waals surface area contributed by atoms with E-state index in [-0.39, 0.29) is 12.2 Å². The normalized spacial score (nSPS) is 12.8. The Kier molecular flexibility index (Phi) is 8.03. The van der Waals surface area contributed by atoms with Crippen molar-refractivity contribution >= 4 is 23.5 Å². The average molecular weight is 457 g/mol. The number of carboxylic acids is 1. The lowest BCUT2D eigenvalue weighted by Crippen LogP contribution is -2.40. The van der Waals surface area contributed by atoms with Gasteiger partial charge in [-0.3, -0.25) is 4.79 Å². The van der Waals surface area contributed by atoms with Crippen LogP contribution in [-0.2, 0) is 17.6 Å². The van der Waals surface area contributed by atoms with E-state index in [0.717, 1.165) is 23.1 Å². The molecule has 0 bridgehead atoms. The van der Waals surface area contributed by atoms with Gasteiger partial charge in [0, 0.05) is 23.6 Å². The lowest BCUT2D eigenvalue weighted by atomic mass is 9.97. The largest absolute Gasteiger partial charge is 0.479 e. The molecular formula is C24H25ClN2O5.